The number of hydrogen-bond donors (Lipinski definition) is 1. The van der Waals surface area contributed by atoms with Crippen molar-refractivity contribution in [1.29, 1.82) is 0 Å². The molecule has 38 heavy (non-hydrogen) atoms. The first kappa shape index (κ1) is 25.2. The van der Waals surface area contributed by atoms with Crippen LogP contribution in [0.2, 0.25) is 5.02 Å². The Kier molecular flexibility index (Phi) is 6.99. The number of pyridine rings is 1. The van der Waals surface area contributed by atoms with Gasteiger partial charge in [0.25, 0.3) is 5.69 Å². The lowest BCUT2D eigenvalue weighted by molar-refractivity contribution is -0.385. The molecule has 1 aliphatic rings. The van der Waals surface area contributed by atoms with E-state index in [0.717, 1.165) is 30.8 Å². The van der Waals surface area contributed by atoms with Gasteiger partial charge in [-0.2, -0.15) is 0 Å². The first-order valence-corrected chi connectivity index (χ1v) is 12.5. The lowest BCUT2D eigenvalue weighted by atomic mass is 9.82. The van der Waals surface area contributed by atoms with Crippen molar-refractivity contribution in [3.05, 3.63) is 87.4 Å². The minimum Gasteiger partial charge on any atom is -0.486 e. The minimum absolute atomic E-state index is 0.115. The predicted octanol–water partition coefficient (Wildman–Crippen LogP) is 5.41. The normalized spacial score (nSPS) is 17.1. The van der Waals surface area contributed by atoms with Gasteiger partial charge < -0.3 is 15.4 Å². The van der Waals surface area contributed by atoms with Crippen LogP contribution in [0, 0.1) is 27.4 Å². The molecule has 2 aromatic heterocycles. The number of nitrogens with zero attached hydrogens (tertiary/aromatic N) is 5. The number of rotatable bonds is 5. The molecule has 1 atom stereocenters. The Balaban J connectivity index is 1.35. The van der Waals surface area contributed by atoms with E-state index < -0.39 is 4.92 Å². The molecule has 0 spiro atoms. The first-order valence-electron chi connectivity index (χ1n) is 12.1. The van der Waals surface area contributed by atoms with Crippen LogP contribution in [-0.2, 0) is 6.61 Å². The maximum absolute atomic E-state index is 11.8. The summed E-state index contributed by atoms with van der Waals surface area (Å²) in [6, 6.07) is 14.4. The van der Waals surface area contributed by atoms with E-state index in [9.17, 15) is 10.1 Å². The third kappa shape index (κ3) is 5.45. The molecule has 0 radical (unpaired) electrons. The van der Waals surface area contributed by atoms with Crippen LogP contribution in [0.4, 0.5) is 17.2 Å². The topological polar surface area (TPSA) is 120 Å². The van der Waals surface area contributed by atoms with Crippen LogP contribution < -0.4 is 15.4 Å². The molecule has 1 fully saturated rings. The van der Waals surface area contributed by atoms with E-state index in [1.807, 2.05) is 36.4 Å². The number of piperidine rings is 1. The highest BCUT2D eigenvalue weighted by Gasteiger charge is 2.30. The Bertz CT molecular complexity index is 1570. The predicted molar refractivity (Wildman–Crippen MR) is 147 cm³/mol. The molecular weight excluding hydrogens is 504 g/mol. The fourth-order valence-corrected chi connectivity index (χ4v) is 4.81. The summed E-state index contributed by atoms with van der Waals surface area (Å²) in [6.45, 7) is 3.91. The van der Waals surface area contributed by atoms with E-state index in [4.69, 9.17) is 22.1 Å². The Hall–Kier alpha value is -4.42. The number of anilines is 2. The van der Waals surface area contributed by atoms with Gasteiger partial charge in [0.2, 0.25) is 0 Å². The fourth-order valence-electron chi connectivity index (χ4n) is 4.58. The molecule has 1 saturated heterocycles. The lowest BCUT2D eigenvalue weighted by Crippen LogP contribution is -2.41. The van der Waals surface area contributed by atoms with E-state index in [2.05, 4.69) is 38.6 Å². The number of halogens is 1. The highest BCUT2D eigenvalue weighted by molar-refractivity contribution is 6.32. The molecule has 3 heterocycles. The first-order chi connectivity index (χ1) is 18.3. The quantitative estimate of drug-likeness (QED) is 0.207. The average Bonchev–Trinajstić information content (AvgIpc) is 2.91. The number of benzene rings is 2. The van der Waals surface area contributed by atoms with Crippen LogP contribution in [0.5, 0.6) is 5.75 Å². The molecule has 192 valence electrons. The van der Waals surface area contributed by atoms with Gasteiger partial charge in [-0.3, -0.25) is 15.1 Å². The maximum atomic E-state index is 11.8. The Morgan fingerprint density at radius 3 is 2.84 bits per heavy atom. The standard InChI is InChI=1S/C28H25ClN6O3/c1-28(10-8-19-13-24-22(15-25(19)35(36)37)27(30)33-18-32-24)9-4-12-34(17-28)21-6-7-26(23(29)14-21)38-16-20-5-2-3-11-31-20/h2-3,5-7,11,13-15,18H,4,9,12,16-17H2,1H3,(H2,30,32,33). The number of nitrogens with two attached hydrogens (primary N) is 1. The molecule has 0 aliphatic carbocycles. The zero-order valence-electron chi connectivity index (χ0n) is 20.7. The summed E-state index contributed by atoms with van der Waals surface area (Å²) in [6.07, 6.45) is 4.85. The van der Waals surface area contributed by atoms with Crippen LogP contribution in [-0.4, -0.2) is 33.0 Å². The Labute approximate surface area is 224 Å². The largest absolute Gasteiger partial charge is 0.486 e. The summed E-state index contributed by atoms with van der Waals surface area (Å²) in [5.41, 5.74) is 8.00. The average molecular weight is 529 g/mol. The van der Waals surface area contributed by atoms with Gasteiger partial charge in [-0.1, -0.05) is 29.5 Å². The number of hydrogen-bond acceptors (Lipinski definition) is 8. The molecule has 0 bridgehead atoms. The van der Waals surface area contributed by atoms with Gasteiger partial charge in [0.05, 0.1) is 21.2 Å². The molecule has 4 aromatic rings. The molecule has 2 N–H and O–H groups in total. The minimum atomic E-state index is -0.453. The van der Waals surface area contributed by atoms with Crippen LogP contribution >= 0.6 is 11.6 Å². The van der Waals surface area contributed by atoms with Crippen molar-refractivity contribution < 1.29 is 9.66 Å². The number of aromatic nitrogens is 3. The summed E-state index contributed by atoms with van der Waals surface area (Å²) < 4.78 is 5.85. The SMILES string of the molecule is CC1(C#Cc2cc3ncnc(N)c3cc2[N+](=O)[O-])CCCN(c2ccc(OCc3ccccn3)c(Cl)c2)C1. The Morgan fingerprint density at radius 1 is 1.21 bits per heavy atom. The summed E-state index contributed by atoms with van der Waals surface area (Å²) in [5, 5.41) is 12.7. The van der Waals surface area contributed by atoms with Crippen molar-refractivity contribution >= 4 is 39.7 Å². The number of fused-ring (bicyclic) bond motifs is 1. The summed E-state index contributed by atoms with van der Waals surface area (Å²) in [4.78, 5) is 25.9. The second kappa shape index (κ2) is 10.5. The van der Waals surface area contributed by atoms with Crippen molar-refractivity contribution in [2.75, 3.05) is 23.7 Å². The van der Waals surface area contributed by atoms with Crippen LogP contribution in [0.3, 0.4) is 0 Å². The zero-order valence-corrected chi connectivity index (χ0v) is 21.5. The molecule has 5 rings (SSSR count). The lowest BCUT2D eigenvalue weighted by Gasteiger charge is -2.38. The number of nitro benzene ring substituents is 1. The highest BCUT2D eigenvalue weighted by Crippen LogP contribution is 2.36. The smallest absolute Gasteiger partial charge is 0.285 e. The van der Waals surface area contributed by atoms with Gasteiger partial charge in [0.1, 0.15) is 30.1 Å². The molecule has 10 heteroatoms. The van der Waals surface area contributed by atoms with E-state index in [1.54, 1.807) is 12.3 Å². The molecule has 1 unspecified atom stereocenters. The number of nitro groups is 1. The van der Waals surface area contributed by atoms with E-state index >= 15 is 0 Å². The molecule has 0 amide bonds. The molecular formula is C28H25ClN6O3. The highest BCUT2D eigenvalue weighted by atomic mass is 35.5. The summed E-state index contributed by atoms with van der Waals surface area (Å²) >= 11 is 6.55. The molecule has 2 aromatic carbocycles. The van der Waals surface area contributed by atoms with Gasteiger partial charge in [-0.05, 0) is 56.2 Å². The van der Waals surface area contributed by atoms with Crippen molar-refractivity contribution in [2.24, 2.45) is 5.41 Å². The monoisotopic (exact) mass is 528 g/mol. The third-order valence-corrected chi connectivity index (χ3v) is 6.85. The zero-order chi connectivity index (χ0) is 26.7. The van der Waals surface area contributed by atoms with Gasteiger partial charge in [0, 0.05) is 41.8 Å². The Morgan fingerprint density at radius 2 is 2.08 bits per heavy atom. The summed E-state index contributed by atoms with van der Waals surface area (Å²) in [7, 11) is 0. The maximum Gasteiger partial charge on any atom is 0.285 e. The van der Waals surface area contributed by atoms with Crippen LogP contribution in [0.25, 0.3) is 10.9 Å². The van der Waals surface area contributed by atoms with E-state index in [-0.39, 0.29) is 16.9 Å². The molecule has 1 aliphatic heterocycles. The van der Waals surface area contributed by atoms with E-state index in [1.165, 1.54) is 12.4 Å². The van der Waals surface area contributed by atoms with Crippen LogP contribution in [0.1, 0.15) is 31.0 Å². The summed E-state index contributed by atoms with van der Waals surface area (Å²) in [5.74, 6) is 7.17. The molecule has 0 saturated carbocycles. The van der Waals surface area contributed by atoms with Gasteiger partial charge >= 0.3 is 0 Å². The van der Waals surface area contributed by atoms with Gasteiger partial charge in [-0.15, -0.1) is 0 Å². The van der Waals surface area contributed by atoms with Crippen molar-refractivity contribution in [3.63, 3.8) is 0 Å². The van der Waals surface area contributed by atoms with Crippen molar-refractivity contribution in [3.8, 4) is 17.6 Å². The van der Waals surface area contributed by atoms with Crippen molar-refractivity contribution in [1.82, 2.24) is 15.0 Å². The molecule has 9 nitrogen and oxygen atoms in total. The van der Waals surface area contributed by atoms with Gasteiger partial charge in [0.15, 0.2) is 0 Å². The van der Waals surface area contributed by atoms with Crippen LogP contribution in [0.15, 0.2) is 61.1 Å². The number of ether oxygens (including phenoxy) is 1. The second-order valence-corrected chi connectivity index (χ2v) is 9.87. The van der Waals surface area contributed by atoms with E-state index in [0.29, 0.717) is 40.4 Å². The van der Waals surface area contributed by atoms with Crippen molar-refractivity contribution in [2.45, 2.75) is 26.4 Å². The third-order valence-electron chi connectivity index (χ3n) is 6.56. The second-order valence-electron chi connectivity index (χ2n) is 9.46. The van der Waals surface area contributed by atoms with Gasteiger partial charge in [-0.25, -0.2) is 9.97 Å². The fraction of sp³-hybridized carbons (Fsp3) is 0.250. The number of nitrogen functional groups attached to an aromatic ring is 1.